The van der Waals surface area contributed by atoms with Crippen molar-refractivity contribution in [3.05, 3.63) is 97.1 Å². The lowest BCUT2D eigenvalue weighted by atomic mass is 10.1. The van der Waals surface area contributed by atoms with E-state index in [9.17, 15) is 0 Å². The van der Waals surface area contributed by atoms with Gasteiger partial charge in [-0.1, -0.05) is 62.4 Å². The molecule has 0 amide bonds. The summed E-state index contributed by atoms with van der Waals surface area (Å²) in [6, 6.07) is 34.4. The van der Waals surface area contributed by atoms with Gasteiger partial charge in [-0.05, 0) is 55.5 Å². The van der Waals surface area contributed by atoms with E-state index in [2.05, 4.69) is 118 Å². The van der Waals surface area contributed by atoms with Crippen LogP contribution in [0.15, 0.2) is 117 Å². The first kappa shape index (κ1) is 21.7. The van der Waals surface area contributed by atoms with Gasteiger partial charge in [0.25, 0.3) is 0 Å². The van der Waals surface area contributed by atoms with E-state index < -0.39 is 0 Å². The standard InChI is InChI=1S/C30H28O2S2/c1-20(2)30(34-28-18-10-6-14-24(28)32-25-15-7-11-19-29(25)34)21(3)33-26-16-8-4-12-22(26)31-23-13-5-9-17-27(23)33/h4-21,30H,1-3H3/q+2/t21-,30+/m0/s1. The summed E-state index contributed by atoms with van der Waals surface area (Å²) in [5.41, 5.74) is 0. The molecule has 0 spiro atoms. The lowest BCUT2D eigenvalue weighted by Crippen LogP contribution is -2.43. The molecule has 0 aliphatic carbocycles. The highest BCUT2D eigenvalue weighted by Crippen LogP contribution is 2.51. The van der Waals surface area contributed by atoms with Crippen LogP contribution in [-0.2, 0) is 21.8 Å². The Labute approximate surface area is 207 Å². The zero-order chi connectivity index (χ0) is 23.2. The summed E-state index contributed by atoms with van der Waals surface area (Å²) < 4.78 is 12.7. The second kappa shape index (κ2) is 8.75. The van der Waals surface area contributed by atoms with Gasteiger partial charge in [-0.15, -0.1) is 0 Å². The van der Waals surface area contributed by atoms with Crippen LogP contribution in [0.25, 0.3) is 0 Å². The fourth-order valence-corrected chi connectivity index (χ4v) is 11.4. The van der Waals surface area contributed by atoms with Crippen molar-refractivity contribution in [2.75, 3.05) is 0 Å². The molecule has 6 rings (SSSR count). The fourth-order valence-electron chi connectivity index (χ4n) is 5.17. The van der Waals surface area contributed by atoms with E-state index in [1.807, 2.05) is 0 Å². The third kappa shape index (κ3) is 3.52. The van der Waals surface area contributed by atoms with Crippen molar-refractivity contribution in [3.8, 4) is 23.0 Å². The van der Waals surface area contributed by atoms with E-state index in [4.69, 9.17) is 9.47 Å². The molecule has 4 heteroatoms. The van der Waals surface area contributed by atoms with E-state index in [0.29, 0.717) is 16.4 Å². The molecule has 0 fully saturated rings. The Balaban J connectivity index is 1.53. The molecule has 2 atom stereocenters. The Morgan fingerprint density at radius 1 is 0.471 bits per heavy atom. The Morgan fingerprint density at radius 3 is 1.15 bits per heavy atom. The van der Waals surface area contributed by atoms with Gasteiger partial charge in [0, 0.05) is 5.92 Å². The van der Waals surface area contributed by atoms with Crippen molar-refractivity contribution in [2.45, 2.75) is 50.9 Å². The Kier molecular flexibility index (Phi) is 5.59. The minimum Gasteiger partial charge on any atom is -0.447 e. The smallest absolute Gasteiger partial charge is 0.203 e. The quantitative estimate of drug-likeness (QED) is 0.273. The number of hydrogen-bond donors (Lipinski definition) is 0. The SMILES string of the molecule is CC(C)[C@H]([C@H](C)[S+]1c2ccccc2Oc2ccccc21)[S+]1c2ccccc2Oc2ccccc21. The van der Waals surface area contributed by atoms with Crippen molar-refractivity contribution in [2.24, 2.45) is 5.92 Å². The minimum atomic E-state index is -0.107. The first-order valence-corrected chi connectivity index (χ1v) is 14.4. The molecule has 0 unspecified atom stereocenters. The molecule has 2 aliphatic rings. The maximum absolute atomic E-state index is 6.36. The summed E-state index contributed by atoms with van der Waals surface area (Å²) in [7, 11) is -0.211. The van der Waals surface area contributed by atoms with Crippen molar-refractivity contribution in [1.82, 2.24) is 0 Å². The Hall–Kier alpha value is -2.82. The monoisotopic (exact) mass is 484 g/mol. The normalized spacial score (nSPS) is 16.4. The molecule has 170 valence electrons. The topological polar surface area (TPSA) is 18.5 Å². The predicted octanol–water partition coefficient (Wildman–Crippen LogP) is 8.08. The molecule has 0 saturated carbocycles. The minimum absolute atomic E-state index is 0.104. The summed E-state index contributed by atoms with van der Waals surface area (Å²) in [5, 5.41) is 0.850. The summed E-state index contributed by atoms with van der Waals surface area (Å²) >= 11 is 0. The second-order valence-electron chi connectivity index (χ2n) is 9.08. The maximum Gasteiger partial charge on any atom is 0.203 e. The molecule has 0 saturated heterocycles. The zero-order valence-electron chi connectivity index (χ0n) is 19.6. The van der Waals surface area contributed by atoms with Gasteiger partial charge in [0.05, 0.1) is 21.8 Å². The number of rotatable bonds is 4. The molecule has 0 N–H and O–H groups in total. The van der Waals surface area contributed by atoms with E-state index in [1.54, 1.807) is 0 Å². The van der Waals surface area contributed by atoms with Crippen molar-refractivity contribution >= 4 is 21.8 Å². The van der Waals surface area contributed by atoms with Crippen LogP contribution in [-0.4, -0.2) is 10.5 Å². The molecular formula is C30H28O2S2+2. The molecule has 0 aromatic heterocycles. The van der Waals surface area contributed by atoms with E-state index in [-0.39, 0.29) is 21.8 Å². The molecular weight excluding hydrogens is 456 g/mol. The fraction of sp³-hybridized carbons (Fsp3) is 0.200. The van der Waals surface area contributed by atoms with Crippen LogP contribution >= 0.6 is 0 Å². The Bertz CT molecular complexity index is 1260. The number of hydrogen-bond acceptors (Lipinski definition) is 2. The van der Waals surface area contributed by atoms with Crippen LogP contribution in [0, 0.1) is 5.92 Å². The summed E-state index contributed by atoms with van der Waals surface area (Å²) in [6.45, 7) is 7.23. The molecule has 2 heterocycles. The van der Waals surface area contributed by atoms with Crippen molar-refractivity contribution in [1.29, 1.82) is 0 Å². The third-order valence-electron chi connectivity index (χ3n) is 6.55. The lowest BCUT2D eigenvalue weighted by Gasteiger charge is -2.31. The number of ether oxygens (including phenoxy) is 2. The molecule has 34 heavy (non-hydrogen) atoms. The largest absolute Gasteiger partial charge is 0.447 e. The summed E-state index contributed by atoms with van der Waals surface area (Å²) in [6.07, 6.45) is 0. The van der Waals surface area contributed by atoms with Gasteiger partial charge in [-0.3, -0.25) is 0 Å². The van der Waals surface area contributed by atoms with Gasteiger partial charge < -0.3 is 9.47 Å². The zero-order valence-corrected chi connectivity index (χ0v) is 21.2. The van der Waals surface area contributed by atoms with Gasteiger partial charge in [0.2, 0.25) is 19.6 Å². The highest BCUT2D eigenvalue weighted by molar-refractivity contribution is 8.01. The number of fused-ring (bicyclic) bond motifs is 4. The first-order chi connectivity index (χ1) is 16.6. The van der Waals surface area contributed by atoms with Gasteiger partial charge in [0.1, 0.15) is 0 Å². The third-order valence-corrected chi connectivity index (χ3v) is 12.5. The molecule has 4 aromatic rings. The van der Waals surface area contributed by atoms with Gasteiger partial charge in [0.15, 0.2) is 33.5 Å². The van der Waals surface area contributed by atoms with E-state index >= 15 is 0 Å². The number of benzene rings is 4. The predicted molar refractivity (Wildman–Crippen MR) is 142 cm³/mol. The summed E-state index contributed by atoms with van der Waals surface area (Å²) in [4.78, 5) is 5.28. The number of para-hydroxylation sites is 4. The van der Waals surface area contributed by atoms with E-state index in [0.717, 1.165) is 23.0 Å². The first-order valence-electron chi connectivity index (χ1n) is 11.8. The average molecular weight is 485 g/mol. The molecule has 4 aromatic carbocycles. The Morgan fingerprint density at radius 2 is 0.794 bits per heavy atom. The van der Waals surface area contributed by atoms with Crippen molar-refractivity contribution < 1.29 is 9.47 Å². The lowest BCUT2D eigenvalue weighted by molar-refractivity contribution is 0.448. The average Bonchev–Trinajstić information content (AvgIpc) is 2.86. The van der Waals surface area contributed by atoms with Crippen LogP contribution in [0.2, 0.25) is 0 Å². The maximum atomic E-state index is 6.36. The molecule has 2 nitrogen and oxygen atoms in total. The highest BCUT2D eigenvalue weighted by atomic mass is 32.2. The van der Waals surface area contributed by atoms with Crippen LogP contribution in [0.3, 0.4) is 0 Å². The highest BCUT2D eigenvalue weighted by Gasteiger charge is 2.55. The van der Waals surface area contributed by atoms with Gasteiger partial charge >= 0.3 is 0 Å². The van der Waals surface area contributed by atoms with Crippen LogP contribution in [0.4, 0.5) is 0 Å². The van der Waals surface area contributed by atoms with Crippen molar-refractivity contribution in [3.63, 3.8) is 0 Å². The van der Waals surface area contributed by atoms with Gasteiger partial charge in [-0.2, -0.15) is 0 Å². The molecule has 0 radical (unpaired) electrons. The van der Waals surface area contributed by atoms with E-state index in [1.165, 1.54) is 19.6 Å². The molecule has 0 bridgehead atoms. The van der Waals surface area contributed by atoms with Crippen LogP contribution in [0.1, 0.15) is 20.8 Å². The van der Waals surface area contributed by atoms with Crippen LogP contribution < -0.4 is 9.47 Å². The van der Waals surface area contributed by atoms with Crippen LogP contribution in [0.5, 0.6) is 23.0 Å². The second-order valence-corrected chi connectivity index (χ2v) is 13.5. The summed E-state index contributed by atoms with van der Waals surface area (Å²) in [5.74, 6) is 4.48. The van der Waals surface area contributed by atoms with Gasteiger partial charge in [-0.25, -0.2) is 0 Å². The molecule has 2 aliphatic heterocycles.